The molecule has 0 radical (unpaired) electrons. The predicted octanol–water partition coefficient (Wildman–Crippen LogP) is 3.92. The molecule has 0 spiro atoms. The van der Waals surface area contributed by atoms with E-state index in [2.05, 4.69) is 5.10 Å². The fraction of sp³-hybridized carbons (Fsp3) is 0.400. The van der Waals surface area contributed by atoms with Crippen molar-refractivity contribution < 1.29 is 18.7 Å². The van der Waals surface area contributed by atoms with Gasteiger partial charge in [-0.2, -0.15) is 5.10 Å². The number of hydrogen-bond donors (Lipinski definition) is 0. The third-order valence-corrected chi connectivity index (χ3v) is 6.05. The maximum absolute atomic E-state index is 14.4. The van der Waals surface area contributed by atoms with Crippen LogP contribution in [0.4, 0.5) is 4.39 Å². The Balaban J connectivity index is 1.59. The van der Waals surface area contributed by atoms with E-state index in [9.17, 15) is 14.0 Å². The van der Waals surface area contributed by atoms with E-state index in [0.717, 1.165) is 18.4 Å². The van der Waals surface area contributed by atoms with Crippen LogP contribution in [-0.4, -0.2) is 53.2 Å². The molecule has 2 aromatic rings. The molecule has 2 heterocycles. The summed E-state index contributed by atoms with van der Waals surface area (Å²) in [7, 11) is 0. The molecule has 0 aromatic heterocycles. The lowest BCUT2D eigenvalue weighted by molar-refractivity contribution is -0.152. The second kappa shape index (κ2) is 10.0. The molecule has 6 nitrogen and oxygen atoms in total. The zero-order valence-corrected chi connectivity index (χ0v) is 18.2. The molecule has 1 fully saturated rings. The van der Waals surface area contributed by atoms with Crippen molar-refractivity contribution >= 4 is 17.6 Å². The minimum absolute atomic E-state index is 0.0703. The summed E-state index contributed by atoms with van der Waals surface area (Å²) in [6.07, 6.45) is 2.96. The summed E-state index contributed by atoms with van der Waals surface area (Å²) >= 11 is 0. The number of piperidine rings is 1. The molecule has 1 saturated heterocycles. The van der Waals surface area contributed by atoms with Crippen LogP contribution >= 0.6 is 0 Å². The smallest absolute Gasteiger partial charge is 0.323 e. The lowest BCUT2D eigenvalue weighted by Gasteiger charge is -2.34. The number of nitrogens with zero attached hydrogens (tertiary/aromatic N) is 3. The van der Waals surface area contributed by atoms with Crippen LogP contribution in [0.25, 0.3) is 0 Å². The average Bonchev–Trinajstić information content (AvgIpc) is 3.26. The molecule has 0 saturated carbocycles. The minimum Gasteiger partial charge on any atom is -0.465 e. The van der Waals surface area contributed by atoms with E-state index in [1.54, 1.807) is 25.1 Å². The standard InChI is InChI=1S/C25H28FN3O3/c1-2-32-25(31)22-14-8-9-15-28(22)17-24(30)29-23(18-10-4-3-5-11-18)16-21(27-29)19-12-6-7-13-20(19)26/h3-7,10-13,22-23H,2,8-9,14-17H2,1H3. The van der Waals surface area contributed by atoms with Gasteiger partial charge in [-0.25, -0.2) is 9.40 Å². The maximum atomic E-state index is 14.4. The van der Waals surface area contributed by atoms with Gasteiger partial charge in [0.2, 0.25) is 0 Å². The van der Waals surface area contributed by atoms with E-state index in [1.165, 1.54) is 11.1 Å². The SMILES string of the molecule is CCOC(=O)C1CCCCN1CC(=O)N1N=C(c2ccccc2F)CC1c1ccccc1. The van der Waals surface area contributed by atoms with Gasteiger partial charge in [-0.05, 0) is 37.9 Å². The molecule has 0 aliphatic carbocycles. The fourth-order valence-electron chi connectivity index (χ4n) is 4.46. The third kappa shape index (κ3) is 4.72. The first-order chi connectivity index (χ1) is 15.6. The van der Waals surface area contributed by atoms with Crippen molar-refractivity contribution in [1.82, 2.24) is 9.91 Å². The zero-order valence-electron chi connectivity index (χ0n) is 18.2. The summed E-state index contributed by atoms with van der Waals surface area (Å²) in [6.45, 7) is 2.82. The van der Waals surface area contributed by atoms with Gasteiger partial charge in [0.05, 0.1) is 24.9 Å². The number of benzene rings is 2. The number of hydrazone groups is 1. The Kier molecular flexibility index (Phi) is 6.95. The summed E-state index contributed by atoms with van der Waals surface area (Å²) in [5.41, 5.74) is 1.90. The Bertz CT molecular complexity index is 995. The first-order valence-corrected chi connectivity index (χ1v) is 11.2. The lowest BCUT2D eigenvalue weighted by atomic mass is 9.98. The number of carbonyl (C=O) groups excluding carboxylic acids is 2. The molecule has 2 atom stereocenters. The average molecular weight is 438 g/mol. The molecule has 2 unspecified atom stereocenters. The van der Waals surface area contributed by atoms with Gasteiger partial charge in [0, 0.05) is 12.0 Å². The molecule has 0 bridgehead atoms. The van der Waals surface area contributed by atoms with Gasteiger partial charge < -0.3 is 4.74 Å². The summed E-state index contributed by atoms with van der Waals surface area (Å²) in [4.78, 5) is 27.7. The number of amides is 1. The monoisotopic (exact) mass is 437 g/mol. The van der Waals surface area contributed by atoms with Gasteiger partial charge >= 0.3 is 5.97 Å². The van der Waals surface area contributed by atoms with E-state index in [0.29, 0.717) is 37.3 Å². The fourth-order valence-corrected chi connectivity index (χ4v) is 4.46. The molecular weight excluding hydrogens is 409 g/mol. The number of esters is 1. The van der Waals surface area contributed by atoms with Crippen LogP contribution in [0.15, 0.2) is 59.7 Å². The number of hydrogen-bond acceptors (Lipinski definition) is 5. The lowest BCUT2D eigenvalue weighted by Crippen LogP contribution is -2.49. The molecule has 168 valence electrons. The number of halogens is 1. The van der Waals surface area contributed by atoms with Crippen molar-refractivity contribution in [1.29, 1.82) is 0 Å². The number of likely N-dealkylation sites (tertiary alicyclic amines) is 1. The van der Waals surface area contributed by atoms with E-state index in [1.807, 2.05) is 35.2 Å². The zero-order chi connectivity index (χ0) is 22.5. The largest absolute Gasteiger partial charge is 0.465 e. The third-order valence-electron chi connectivity index (χ3n) is 6.05. The number of carbonyl (C=O) groups is 2. The molecular formula is C25H28FN3O3. The summed E-state index contributed by atoms with van der Waals surface area (Å²) < 4.78 is 19.7. The van der Waals surface area contributed by atoms with Gasteiger partial charge in [0.1, 0.15) is 11.9 Å². The Labute approximate surface area is 187 Å². The van der Waals surface area contributed by atoms with E-state index in [4.69, 9.17) is 4.74 Å². The molecule has 4 rings (SSSR count). The van der Waals surface area contributed by atoms with Crippen molar-refractivity contribution in [2.24, 2.45) is 5.10 Å². The van der Waals surface area contributed by atoms with Gasteiger partial charge in [0.25, 0.3) is 5.91 Å². The van der Waals surface area contributed by atoms with Crippen molar-refractivity contribution in [3.05, 3.63) is 71.5 Å². The van der Waals surface area contributed by atoms with E-state index < -0.39 is 6.04 Å². The number of rotatable bonds is 6. The molecule has 0 N–H and O–H groups in total. The van der Waals surface area contributed by atoms with Gasteiger partial charge in [-0.3, -0.25) is 14.5 Å². The molecule has 7 heteroatoms. The van der Waals surface area contributed by atoms with Crippen molar-refractivity contribution in [2.75, 3.05) is 19.7 Å². The molecule has 32 heavy (non-hydrogen) atoms. The summed E-state index contributed by atoms with van der Waals surface area (Å²) in [5, 5.41) is 6.03. The van der Waals surface area contributed by atoms with Crippen LogP contribution in [-0.2, 0) is 14.3 Å². The van der Waals surface area contributed by atoms with Gasteiger partial charge in [0.15, 0.2) is 0 Å². The van der Waals surface area contributed by atoms with Gasteiger partial charge in [-0.15, -0.1) is 0 Å². The van der Waals surface area contributed by atoms with E-state index >= 15 is 0 Å². The van der Waals surface area contributed by atoms with Crippen molar-refractivity contribution in [3.63, 3.8) is 0 Å². The maximum Gasteiger partial charge on any atom is 0.323 e. The molecule has 2 aliphatic heterocycles. The highest BCUT2D eigenvalue weighted by Gasteiger charge is 2.37. The van der Waals surface area contributed by atoms with Crippen LogP contribution in [0.3, 0.4) is 0 Å². The molecule has 1 amide bonds. The first-order valence-electron chi connectivity index (χ1n) is 11.2. The van der Waals surface area contributed by atoms with Crippen LogP contribution in [0, 0.1) is 5.82 Å². The van der Waals surface area contributed by atoms with E-state index in [-0.39, 0.29) is 30.3 Å². The quantitative estimate of drug-likeness (QED) is 0.643. The number of ether oxygens (including phenoxy) is 1. The Morgan fingerprint density at radius 2 is 1.84 bits per heavy atom. The molecule has 2 aromatic carbocycles. The van der Waals surface area contributed by atoms with Crippen molar-refractivity contribution in [3.8, 4) is 0 Å². The Hall–Kier alpha value is -3.06. The predicted molar refractivity (Wildman–Crippen MR) is 119 cm³/mol. The summed E-state index contributed by atoms with van der Waals surface area (Å²) in [5.74, 6) is -0.844. The van der Waals surface area contributed by atoms with Crippen LogP contribution in [0.5, 0.6) is 0 Å². The second-order valence-corrected chi connectivity index (χ2v) is 8.13. The highest BCUT2D eigenvalue weighted by Crippen LogP contribution is 2.33. The molecule has 2 aliphatic rings. The first kappa shape index (κ1) is 22.1. The van der Waals surface area contributed by atoms with Crippen LogP contribution in [0.1, 0.15) is 49.8 Å². The normalized spacial score (nSPS) is 21.3. The highest BCUT2D eigenvalue weighted by molar-refractivity contribution is 6.03. The second-order valence-electron chi connectivity index (χ2n) is 8.13. The van der Waals surface area contributed by atoms with Crippen LogP contribution < -0.4 is 0 Å². The topological polar surface area (TPSA) is 62.2 Å². The Morgan fingerprint density at radius 3 is 2.59 bits per heavy atom. The van der Waals surface area contributed by atoms with Crippen LogP contribution in [0.2, 0.25) is 0 Å². The minimum atomic E-state index is -0.416. The van der Waals surface area contributed by atoms with Gasteiger partial charge in [-0.1, -0.05) is 55.0 Å². The Morgan fingerprint density at radius 1 is 1.09 bits per heavy atom. The highest BCUT2D eigenvalue weighted by atomic mass is 19.1. The summed E-state index contributed by atoms with van der Waals surface area (Å²) in [6, 6.07) is 15.4. The van der Waals surface area contributed by atoms with Crippen molar-refractivity contribution in [2.45, 2.75) is 44.7 Å².